The molecule has 4 rings (SSSR count). The summed E-state index contributed by atoms with van der Waals surface area (Å²) in [6, 6.07) is 18.6. The number of aromatic nitrogens is 1. The van der Waals surface area contributed by atoms with E-state index in [1.807, 2.05) is 30.3 Å². The number of anilines is 1. The lowest BCUT2D eigenvalue weighted by Gasteiger charge is -2.16. The lowest BCUT2D eigenvalue weighted by molar-refractivity contribution is -0.120. The number of pyridine rings is 1. The van der Waals surface area contributed by atoms with Crippen molar-refractivity contribution in [2.24, 2.45) is 10.9 Å². The Kier molecular flexibility index (Phi) is 7.58. The van der Waals surface area contributed by atoms with Gasteiger partial charge in [-0.05, 0) is 49.2 Å². The summed E-state index contributed by atoms with van der Waals surface area (Å²) in [4.78, 5) is 21.6. The van der Waals surface area contributed by atoms with E-state index in [9.17, 15) is 13.2 Å². The van der Waals surface area contributed by atoms with Gasteiger partial charge in [0.25, 0.3) is 5.91 Å². The van der Waals surface area contributed by atoms with Crippen LogP contribution in [0.3, 0.4) is 0 Å². The Bertz CT molecular complexity index is 1290. The van der Waals surface area contributed by atoms with Crippen LogP contribution in [0.5, 0.6) is 11.6 Å². The quantitative estimate of drug-likeness (QED) is 0.265. The first kappa shape index (κ1) is 24.2. The van der Waals surface area contributed by atoms with Crippen LogP contribution >= 0.6 is 0 Å². The third-order valence-electron chi connectivity index (χ3n) is 5.18. The van der Waals surface area contributed by atoms with Gasteiger partial charge in [-0.15, -0.1) is 0 Å². The lowest BCUT2D eigenvalue weighted by atomic mass is 10.3. The fourth-order valence-corrected chi connectivity index (χ4v) is 4.99. The molecular weight excluding hydrogens is 470 g/mol. The maximum absolute atomic E-state index is 12.7. The van der Waals surface area contributed by atoms with Crippen LogP contribution in [-0.2, 0) is 19.7 Å². The molecule has 1 aliphatic rings. The number of sulfonamides is 1. The Morgan fingerprint density at radius 3 is 2.54 bits per heavy atom. The number of carbonyl (C=O) groups excluding carboxylic acids is 1. The Balaban J connectivity index is 1.30. The molecule has 10 nitrogen and oxygen atoms in total. The van der Waals surface area contributed by atoms with Crippen molar-refractivity contribution in [2.45, 2.75) is 17.7 Å². The number of hydrogen-bond donors (Lipinski definition) is 2. The van der Waals surface area contributed by atoms with Crippen LogP contribution < -0.4 is 15.8 Å². The van der Waals surface area contributed by atoms with Crippen LogP contribution in [-0.4, -0.2) is 49.1 Å². The van der Waals surface area contributed by atoms with E-state index < -0.39 is 22.5 Å². The molecule has 2 aromatic carbocycles. The molecule has 0 spiro atoms. The van der Waals surface area contributed by atoms with Crippen LogP contribution in [0.25, 0.3) is 0 Å². The van der Waals surface area contributed by atoms with Crippen LogP contribution in [0.2, 0.25) is 0 Å². The summed E-state index contributed by atoms with van der Waals surface area (Å²) in [5, 5.41) is 6.35. The van der Waals surface area contributed by atoms with E-state index in [0.29, 0.717) is 36.0 Å². The molecule has 0 bridgehead atoms. The monoisotopic (exact) mass is 495 g/mol. The molecule has 35 heavy (non-hydrogen) atoms. The van der Waals surface area contributed by atoms with E-state index in [-0.39, 0.29) is 10.7 Å². The molecule has 11 heteroatoms. The summed E-state index contributed by atoms with van der Waals surface area (Å²) >= 11 is 0. The maximum Gasteiger partial charge on any atom is 0.265 e. The zero-order chi connectivity index (χ0) is 24.7. The molecule has 1 fully saturated rings. The molecule has 0 aliphatic carbocycles. The molecule has 1 aliphatic heterocycles. The number of nitrogens with one attached hydrogen (secondary N) is 1. The van der Waals surface area contributed by atoms with Crippen LogP contribution in [0, 0.1) is 0 Å². The SMILES string of the molecule is N/C(=N/OCC(=O)Nc1cccc(S(=O)(=O)N2CCCC2)c1)c1ccc(Oc2ccccc2)nc1. The largest absolute Gasteiger partial charge is 0.439 e. The van der Waals surface area contributed by atoms with Gasteiger partial charge in [0.1, 0.15) is 5.75 Å². The summed E-state index contributed by atoms with van der Waals surface area (Å²) in [5.41, 5.74) is 6.74. The molecule has 182 valence electrons. The van der Waals surface area contributed by atoms with E-state index in [4.69, 9.17) is 15.3 Å². The smallest absolute Gasteiger partial charge is 0.265 e. The first-order chi connectivity index (χ1) is 16.9. The zero-order valence-electron chi connectivity index (χ0n) is 18.8. The number of nitrogens with zero attached hydrogens (tertiary/aromatic N) is 3. The van der Waals surface area contributed by atoms with E-state index in [1.54, 1.807) is 24.3 Å². The fraction of sp³-hybridized carbons (Fsp3) is 0.208. The number of rotatable bonds is 9. The molecule has 3 N–H and O–H groups in total. The molecule has 3 aromatic rings. The predicted octanol–water partition coefficient (Wildman–Crippen LogP) is 2.93. The number of oxime groups is 1. The van der Waals surface area contributed by atoms with Crippen molar-refractivity contribution in [3.05, 3.63) is 78.5 Å². The highest BCUT2D eigenvalue weighted by molar-refractivity contribution is 7.89. The minimum Gasteiger partial charge on any atom is -0.439 e. The highest BCUT2D eigenvalue weighted by atomic mass is 32.2. The summed E-state index contributed by atoms with van der Waals surface area (Å²) < 4.78 is 32.5. The third kappa shape index (κ3) is 6.34. The minimum atomic E-state index is -3.58. The standard InChI is InChI=1S/C24H25N5O5S/c25-24(18-11-12-23(26-16-18)34-20-8-2-1-3-9-20)28-33-17-22(30)27-19-7-6-10-21(15-19)35(31,32)29-13-4-5-14-29/h1-3,6-12,15-16H,4-5,13-14,17H2,(H2,25,28)(H,27,30). The van der Waals surface area contributed by atoms with Gasteiger partial charge >= 0.3 is 0 Å². The number of nitrogens with two attached hydrogens (primary N) is 1. The highest BCUT2D eigenvalue weighted by Crippen LogP contribution is 2.23. The zero-order valence-corrected chi connectivity index (χ0v) is 19.6. The van der Waals surface area contributed by atoms with Crippen molar-refractivity contribution >= 4 is 27.5 Å². The van der Waals surface area contributed by atoms with Crippen LogP contribution in [0.4, 0.5) is 5.69 Å². The topological polar surface area (TPSA) is 136 Å². The molecule has 1 amide bonds. The fourth-order valence-electron chi connectivity index (χ4n) is 3.42. The average molecular weight is 496 g/mol. The summed E-state index contributed by atoms with van der Waals surface area (Å²) in [7, 11) is -3.58. The molecule has 1 saturated heterocycles. The Morgan fingerprint density at radius 2 is 1.83 bits per heavy atom. The molecule has 2 heterocycles. The molecular formula is C24H25N5O5S. The lowest BCUT2D eigenvalue weighted by Crippen LogP contribution is -2.28. The number of hydrogen-bond acceptors (Lipinski definition) is 7. The molecule has 0 radical (unpaired) electrons. The van der Waals surface area contributed by atoms with E-state index in [0.717, 1.165) is 12.8 Å². The number of amidine groups is 1. The second-order valence-electron chi connectivity index (χ2n) is 7.74. The van der Waals surface area contributed by atoms with Gasteiger partial charge in [-0.2, -0.15) is 4.31 Å². The van der Waals surface area contributed by atoms with Gasteiger partial charge in [0, 0.05) is 36.6 Å². The summed E-state index contributed by atoms with van der Waals surface area (Å²) in [5.74, 6) is 0.571. The van der Waals surface area contributed by atoms with Crippen molar-refractivity contribution < 1.29 is 22.8 Å². The van der Waals surface area contributed by atoms with E-state index >= 15 is 0 Å². The molecule has 0 atom stereocenters. The second kappa shape index (κ2) is 11.0. The maximum atomic E-state index is 12.7. The van der Waals surface area contributed by atoms with Gasteiger partial charge in [-0.3, -0.25) is 4.79 Å². The number of amides is 1. The number of carbonyl (C=O) groups is 1. The van der Waals surface area contributed by atoms with Gasteiger partial charge in [-0.25, -0.2) is 13.4 Å². The number of ether oxygens (including phenoxy) is 1. The Labute approximate surface area is 203 Å². The van der Waals surface area contributed by atoms with Gasteiger partial charge in [0.2, 0.25) is 15.9 Å². The first-order valence-electron chi connectivity index (χ1n) is 11.0. The predicted molar refractivity (Wildman–Crippen MR) is 130 cm³/mol. The highest BCUT2D eigenvalue weighted by Gasteiger charge is 2.27. The van der Waals surface area contributed by atoms with Crippen molar-refractivity contribution in [1.82, 2.24) is 9.29 Å². The van der Waals surface area contributed by atoms with Gasteiger partial charge in [0.05, 0.1) is 4.90 Å². The third-order valence-corrected chi connectivity index (χ3v) is 7.07. The molecule has 1 aromatic heterocycles. The van der Waals surface area contributed by atoms with Gasteiger partial charge in [-0.1, -0.05) is 29.4 Å². The normalized spacial score (nSPS) is 14.5. The number of para-hydroxylation sites is 1. The summed E-state index contributed by atoms with van der Waals surface area (Å²) in [6.45, 7) is 0.599. The van der Waals surface area contributed by atoms with Crippen molar-refractivity contribution in [2.75, 3.05) is 25.0 Å². The molecule has 0 unspecified atom stereocenters. The van der Waals surface area contributed by atoms with Crippen molar-refractivity contribution in [3.63, 3.8) is 0 Å². The van der Waals surface area contributed by atoms with E-state index in [2.05, 4.69) is 15.5 Å². The van der Waals surface area contributed by atoms with Crippen molar-refractivity contribution in [1.29, 1.82) is 0 Å². The van der Waals surface area contributed by atoms with Crippen molar-refractivity contribution in [3.8, 4) is 11.6 Å². The Morgan fingerprint density at radius 1 is 1.06 bits per heavy atom. The van der Waals surface area contributed by atoms with Gasteiger partial charge < -0.3 is 20.6 Å². The molecule has 0 saturated carbocycles. The summed E-state index contributed by atoms with van der Waals surface area (Å²) in [6.07, 6.45) is 3.17. The van der Waals surface area contributed by atoms with Crippen LogP contribution in [0.15, 0.2) is 83.0 Å². The Hall–Kier alpha value is -3.96. The second-order valence-corrected chi connectivity index (χ2v) is 9.68. The van der Waals surface area contributed by atoms with Gasteiger partial charge in [0.15, 0.2) is 12.4 Å². The average Bonchev–Trinajstić information content (AvgIpc) is 3.41. The first-order valence-corrected chi connectivity index (χ1v) is 12.4. The number of benzene rings is 2. The van der Waals surface area contributed by atoms with Crippen LogP contribution in [0.1, 0.15) is 18.4 Å². The minimum absolute atomic E-state index is 0.0373. The van der Waals surface area contributed by atoms with E-state index in [1.165, 1.54) is 22.6 Å².